The van der Waals surface area contributed by atoms with Gasteiger partial charge in [0.25, 0.3) is 5.91 Å². The molecular formula is C21H21F2NO3. The highest BCUT2D eigenvalue weighted by Gasteiger charge is 2.47. The number of benzene rings is 2. The Bertz CT molecular complexity index is 832. The zero-order valence-electron chi connectivity index (χ0n) is 15.1. The summed E-state index contributed by atoms with van der Waals surface area (Å²) in [6.45, 7) is -0.321. The molecule has 0 aromatic heterocycles. The Kier molecular flexibility index (Phi) is 5.54. The molecule has 1 fully saturated rings. The molecule has 1 amide bonds. The average Bonchev–Trinajstić information content (AvgIpc) is 2.62. The van der Waals surface area contributed by atoms with Gasteiger partial charge in [-0.25, -0.2) is 8.78 Å². The fourth-order valence-electron chi connectivity index (χ4n) is 3.26. The Morgan fingerprint density at radius 1 is 1.07 bits per heavy atom. The summed E-state index contributed by atoms with van der Waals surface area (Å²) in [4.78, 5) is 26.2. The molecule has 0 spiro atoms. The van der Waals surface area contributed by atoms with Crippen molar-refractivity contribution in [1.29, 1.82) is 0 Å². The molecule has 1 aliphatic rings. The molecule has 4 nitrogen and oxygen atoms in total. The first kappa shape index (κ1) is 19.0. The first-order valence-electron chi connectivity index (χ1n) is 8.83. The second-order valence-electron chi connectivity index (χ2n) is 6.86. The quantitative estimate of drug-likeness (QED) is 0.727. The van der Waals surface area contributed by atoms with E-state index in [1.165, 1.54) is 30.1 Å². The van der Waals surface area contributed by atoms with Crippen LogP contribution in [0.3, 0.4) is 0 Å². The molecule has 0 heterocycles. The summed E-state index contributed by atoms with van der Waals surface area (Å²) in [5, 5.41) is 0. The molecule has 0 bridgehead atoms. The summed E-state index contributed by atoms with van der Waals surface area (Å²) in [6.07, 6.45) is 2.08. The van der Waals surface area contributed by atoms with Crippen LogP contribution >= 0.6 is 0 Å². The summed E-state index contributed by atoms with van der Waals surface area (Å²) in [5.74, 6) is -1.65. The molecule has 6 heteroatoms. The minimum absolute atomic E-state index is 0.0894. The van der Waals surface area contributed by atoms with Gasteiger partial charge in [0.15, 0.2) is 6.61 Å². The van der Waals surface area contributed by atoms with Crippen molar-refractivity contribution in [2.45, 2.75) is 31.2 Å². The van der Waals surface area contributed by atoms with Gasteiger partial charge in [-0.3, -0.25) is 9.59 Å². The molecule has 0 atom stereocenters. The summed E-state index contributed by atoms with van der Waals surface area (Å²) in [5.41, 5.74) is 0.284. The van der Waals surface area contributed by atoms with E-state index in [0.29, 0.717) is 24.0 Å². The van der Waals surface area contributed by atoms with Gasteiger partial charge in [0, 0.05) is 19.2 Å². The highest BCUT2D eigenvalue weighted by atomic mass is 19.1. The largest absolute Gasteiger partial charge is 0.455 e. The van der Waals surface area contributed by atoms with E-state index in [-0.39, 0.29) is 18.2 Å². The van der Waals surface area contributed by atoms with Crippen LogP contribution in [0.5, 0.6) is 0 Å². The second-order valence-corrected chi connectivity index (χ2v) is 6.86. The molecule has 1 aliphatic carbocycles. The van der Waals surface area contributed by atoms with Crippen LogP contribution in [0.2, 0.25) is 0 Å². The van der Waals surface area contributed by atoms with Crippen LogP contribution in [-0.2, 0) is 26.3 Å². The van der Waals surface area contributed by atoms with Gasteiger partial charge in [-0.2, -0.15) is 0 Å². The number of halogens is 2. The lowest BCUT2D eigenvalue weighted by Crippen LogP contribution is -2.45. The van der Waals surface area contributed by atoms with Crippen LogP contribution in [0, 0.1) is 11.6 Å². The van der Waals surface area contributed by atoms with Gasteiger partial charge < -0.3 is 9.64 Å². The van der Waals surface area contributed by atoms with E-state index in [0.717, 1.165) is 6.42 Å². The summed E-state index contributed by atoms with van der Waals surface area (Å²) in [6, 6.07) is 12.0. The van der Waals surface area contributed by atoms with Crippen LogP contribution in [0.1, 0.15) is 30.4 Å². The molecule has 142 valence electrons. The number of rotatable bonds is 6. The average molecular weight is 373 g/mol. The molecule has 0 N–H and O–H groups in total. The van der Waals surface area contributed by atoms with Crippen molar-refractivity contribution in [3.8, 4) is 0 Å². The standard InChI is InChI=1S/C21H21F2NO3/c1-24(13-15-5-2-3-6-18(15)23)19(25)14-27-20(26)21(11-4-12-21)16-7-9-17(22)10-8-16/h2-3,5-10H,4,11-14H2,1H3. The number of amides is 1. The lowest BCUT2D eigenvalue weighted by Gasteiger charge is -2.39. The molecule has 0 aliphatic heterocycles. The Hall–Kier alpha value is -2.76. The molecule has 0 unspecified atom stereocenters. The van der Waals surface area contributed by atoms with Crippen molar-refractivity contribution < 1.29 is 23.1 Å². The number of hydrogen-bond donors (Lipinski definition) is 0. The third-order valence-corrected chi connectivity index (χ3v) is 5.11. The highest BCUT2D eigenvalue weighted by Crippen LogP contribution is 2.44. The Balaban J connectivity index is 1.60. The lowest BCUT2D eigenvalue weighted by molar-refractivity contribution is -0.160. The van der Waals surface area contributed by atoms with Crippen LogP contribution < -0.4 is 0 Å². The van der Waals surface area contributed by atoms with Gasteiger partial charge in [-0.1, -0.05) is 36.8 Å². The highest BCUT2D eigenvalue weighted by molar-refractivity contribution is 5.87. The number of nitrogens with zero attached hydrogens (tertiary/aromatic N) is 1. The number of esters is 1. The van der Waals surface area contributed by atoms with E-state index < -0.39 is 23.9 Å². The number of ether oxygens (including phenoxy) is 1. The maximum Gasteiger partial charge on any atom is 0.317 e. The third kappa shape index (κ3) is 3.99. The van der Waals surface area contributed by atoms with Crippen LogP contribution in [0.15, 0.2) is 48.5 Å². The van der Waals surface area contributed by atoms with Gasteiger partial charge in [-0.05, 0) is 36.6 Å². The summed E-state index contributed by atoms with van der Waals surface area (Å²) < 4.78 is 32.1. The Labute approximate surface area is 156 Å². The smallest absolute Gasteiger partial charge is 0.317 e. The molecule has 3 rings (SSSR count). The zero-order chi connectivity index (χ0) is 19.4. The van der Waals surface area contributed by atoms with E-state index in [1.807, 2.05) is 0 Å². The van der Waals surface area contributed by atoms with E-state index >= 15 is 0 Å². The van der Waals surface area contributed by atoms with Crippen molar-refractivity contribution >= 4 is 11.9 Å². The van der Waals surface area contributed by atoms with E-state index in [2.05, 4.69) is 0 Å². The molecule has 27 heavy (non-hydrogen) atoms. The maximum atomic E-state index is 13.7. The number of carbonyl (C=O) groups excluding carboxylic acids is 2. The first-order valence-corrected chi connectivity index (χ1v) is 8.83. The van der Waals surface area contributed by atoms with Crippen molar-refractivity contribution in [2.75, 3.05) is 13.7 Å². The number of likely N-dealkylation sites (N-methyl/N-ethyl adjacent to an activating group) is 1. The maximum absolute atomic E-state index is 13.7. The Morgan fingerprint density at radius 2 is 1.74 bits per heavy atom. The zero-order valence-corrected chi connectivity index (χ0v) is 15.1. The molecule has 0 radical (unpaired) electrons. The second kappa shape index (κ2) is 7.86. The van der Waals surface area contributed by atoms with E-state index in [4.69, 9.17) is 4.74 Å². The Morgan fingerprint density at radius 3 is 2.33 bits per heavy atom. The minimum atomic E-state index is -0.807. The minimum Gasteiger partial charge on any atom is -0.455 e. The van der Waals surface area contributed by atoms with Gasteiger partial charge in [0.05, 0.1) is 5.41 Å². The molecule has 1 saturated carbocycles. The van der Waals surface area contributed by atoms with E-state index in [9.17, 15) is 18.4 Å². The third-order valence-electron chi connectivity index (χ3n) is 5.11. The monoisotopic (exact) mass is 373 g/mol. The SMILES string of the molecule is CN(Cc1ccccc1F)C(=O)COC(=O)C1(c2ccc(F)cc2)CCC1. The van der Waals surface area contributed by atoms with Gasteiger partial charge in [0.1, 0.15) is 11.6 Å². The molecular weight excluding hydrogens is 352 g/mol. The van der Waals surface area contributed by atoms with Crippen LogP contribution in [0.4, 0.5) is 8.78 Å². The topological polar surface area (TPSA) is 46.6 Å². The number of hydrogen-bond acceptors (Lipinski definition) is 3. The molecule has 2 aromatic carbocycles. The molecule has 2 aromatic rings. The normalized spacial score (nSPS) is 14.9. The van der Waals surface area contributed by atoms with E-state index in [1.54, 1.807) is 30.3 Å². The fraction of sp³-hybridized carbons (Fsp3) is 0.333. The lowest BCUT2D eigenvalue weighted by atomic mass is 9.64. The molecule has 0 saturated heterocycles. The van der Waals surface area contributed by atoms with Gasteiger partial charge in [-0.15, -0.1) is 0 Å². The van der Waals surface area contributed by atoms with Crippen molar-refractivity contribution in [2.24, 2.45) is 0 Å². The fourth-order valence-corrected chi connectivity index (χ4v) is 3.26. The van der Waals surface area contributed by atoms with Crippen molar-refractivity contribution in [3.05, 3.63) is 71.3 Å². The predicted octanol–water partition coefficient (Wildman–Crippen LogP) is 3.59. The summed E-state index contributed by atoms with van der Waals surface area (Å²) in [7, 11) is 1.53. The first-order chi connectivity index (χ1) is 12.9. The van der Waals surface area contributed by atoms with Crippen molar-refractivity contribution in [3.63, 3.8) is 0 Å². The predicted molar refractivity (Wildman–Crippen MR) is 95.8 cm³/mol. The summed E-state index contributed by atoms with van der Waals surface area (Å²) >= 11 is 0. The van der Waals surface area contributed by atoms with Gasteiger partial charge in [0.2, 0.25) is 0 Å². The van der Waals surface area contributed by atoms with Crippen LogP contribution in [-0.4, -0.2) is 30.4 Å². The van der Waals surface area contributed by atoms with Crippen molar-refractivity contribution in [1.82, 2.24) is 4.90 Å². The van der Waals surface area contributed by atoms with Gasteiger partial charge >= 0.3 is 5.97 Å². The number of carbonyl (C=O) groups is 2. The van der Waals surface area contributed by atoms with Crippen LogP contribution in [0.25, 0.3) is 0 Å².